The first-order valence-corrected chi connectivity index (χ1v) is 6.50. The standard InChI is InChI=1S/C16H10N2O3/c19-18(20)15-9-11-5-2-4-8-14(11)21-16(15)10-12-6-1-3-7-13(12)17-16/h1-10H. The molecular weight excluding hydrogens is 268 g/mol. The molecule has 0 N–H and O–H groups in total. The van der Waals surface area contributed by atoms with Gasteiger partial charge >= 0.3 is 11.4 Å². The van der Waals surface area contributed by atoms with Crippen molar-refractivity contribution < 1.29 is 9.66 Å². The number of hydrogen-bond donors (Lipinski definition) is 0. The van der Waals surface area contributed by atoms with E-state index in [1.165, 1.54) is 6.08 Å². The van der Waals surface area contributed by atoms with Crippen LogP contribution in [0.15, 0.2) is 59.2 Å². The lowest BCUT2D eigenvalue weighted by Gasteiger charge is -2.27. The minimum absolute atomic E-state index is 0.0719. The Bertz CT molecular complexity index is 880. The van der Waals surface area contributed by atoms with Crippen LogP contribution in [-0.2, 0) is 0 Å². The summed E-state index contributed by atoms with van der Waals surface area (Å²) in [5.74, 6) is 0.593. The van der Waals surface area contributed by atoms with Crippen molar-refractivity contribution in [2.75, 3.05) is 0 Å². The average Bonchev–Trinajstić information content (AvgIpc) is 2.84. The molecule has 4 rings (SSSR count). The maximum absolute atomic E-state index is 11.5. The molecule has 0 saturated carbocycles. The summed E-state index contributed by atoms with van der Waals surface area (Å²) < 4.78 is 5.90. The summed E-state index contributed by atoms with van der Waals surface area (Å²) in [6.45, 7) is 0. The summed E-state index contributed by atoms with van der Waals surface area (Å²) in [5.41, 5.74) is -0.756. The Morgan fingerprint density at radius 3 is 2.67 bits per heavy atom. The van der Waals surface area contributed by atoms with Gasteiger partial charge in [0.1, 0.15) is 5.75 Å². The molecule has 5 nitrogen and oxygen atoms in total. The fourth-order valence-corrected chi connectivity index (χ4v) is 2.66. The third kappa shape index (κ3) is 1.67. The average molecular weight is 278 g/mol. The molecule has 102 valence electrons. The summed E-state index contributed by atoms with van der Waals surface area (Å²) in [7, 11) is 0. The number of fused-ring (bicyclic) bond motifs is 2. The first-order chi connectivity index (χ1) is 10.2. The number of para-hydroxylation sites is 2. The Labute approximate surface area is 119 Å². The molecule has 0 fully saturated rings. The quantitative estimate of drug-likeness (QED) is 0.586. The van der Waals surface area contributed by atoms with E-state index < -0.39 is 10.6 Å². The highest BCUT2D eigenvalue weighted by molar-refractivity contribution is 5.67. The topological polar surface area (TPSA) is 64.7 Å². The molecule has 0 amide bonds. The van der Waals surface area contributed by atoms with Crippen molar-refractivity contribution in [1.29, 1.82) is 0 Å². The highest BCUT2D eigenvalue weighted by Gasteiger charge is 2.47. The normalized spacial score (nSPS) is 21.4. The third-order valence-electron chi connectivity index (χ3n) is 3.61. The lowest BCUT2D eigenvalue weighted by Crippen LogP contribution is -2.38. The van der Waals surface area contributed by atoms with E-state index in [9.17, 15) is 10.1 Å². The predicted molar refractivity (Wildman–Crippen MR) is 76.5 cm³/mol. The van der Waals surface area contributed by atoms with Crippen LogP contribution < -0.4 is 15.3 Å². The van der Waals surface area contributed by atoms with Gasteiger partial charge in [-0.1, -0.05) is 36.4 Å². The van der Waals surface area contributed by atoms with Gasteiger partial charge in [0.25, 0.3) is 0 Å². The van der Waals surface area contributed by atoms with E-state index in [0.29, 0.717) is 16.7 Å². The fourth-order valence-electron chi connectivity index (χ4n) is 2.66. The number of hydrogen-bond acceptors (Lipinski definition) is 4. The van der Waals surface area contributed by atoms with Crippen LogP contribution >= 0.6 is 0 Å². The monoisotopic (exact) mass is 278 g/mol. The SMILES string of the molecule is O=[N+]([O-])C1=Cc2ccccc2OC12C=c1ccccc1=N2. The van der Waals surface area contributed by atoms with E-state index in [2.05, 4.69) is 4.99 Å². The van der Waals surface area contributed by atoms with E-state index >= 15 is 0 Å². The minimum Gasteiger partial charge on any atom is -0.452 e. The third-order valence-corrected chi connectivity index (χ3v) is 3.61. The van der Waals surface area contributed by atoms with Gasteiger partial charge in [0.15, 0.2) is 0 Å². The minimum atomic E-state index is -1.37. The molecule has 0 bridgehead atoms. The van der Waals surface area contributed by atoms with Crippen molar-refractivity contribution in [3.8, 4) is 5.75 Å². The molecule has 1 unspecified atom stereocenters. The van der Waals surface area contributed by atoms with Gasteiger partial charge in [0, 0.05) is 22.9 Å². The molecule has 1 atom stereocenters. The van der Waals surface area contributed by atoms with Gasteiger partial charge in [-0.25, -0.2) is 4.99 Å². The first kappa shape index (κ1) is 11.8. The van der Waals surface area contributed by atoms with Gasteiger partial charge in [0.2, 0.25) is 0 Å². The summed E-state index contributed by atoms with van der Waals surface area (Å²) in [6, 6.07) is 14.6. The van der Waals surface area contributed by atoms with Crippen molar-refractivity contribution in [2.45, 2.75) is 5.72 Å². The lowest BCUT2D eigenvalue weighted by atomic mass is 10.0. The molecule has 2 aliphatic heterocycles. The molecule has 2 aromatic carbocycles. The molecule has 0 aromatic heterocycles. The van der Waals surface area contributed by atoms with Crippen LogP contribution in [0.2, 0.25) is 0 Å². The molecule has 2 aromatic rings. The van der Waals surface area contributed by atoms with Crippen molar-refractivity contribution >= 4 is 12.2 Å². The summed E-state index contributed by atoms with van der Waals surface area (Å²) in [4.78, 5) is 15.5. The number of benzene rings is 2. The number of nitro groups is 1. The Hall–Kier alpha value is -2.95. The summed E-state index contributed by atoms with van der Waals surface area (Å²) in [6.07, 6.45) is 3.23. The Kier molecular flexibility index (Phi) is 2.27. The molecule has 1 spiro atoms. The van der Waals surface area contributed by atoms with Gasteiger partial charge < -0.3 is 4.74 Å². The van der Waals surface area contributed by atoms with Crippen LogP contribution in [0.4, 0.5) is 0 Å². The zero-order valence-electron chi connectivity index (χ0n) is 10.9. The van der Waals surface area contributed by atoms with Gasteiger partial charge in [-0.15, -0.1) is 0 Å². The van der Waals surface area contributed by atoms with Crippen molar-refractivity contribution in [3.63, 3.8) is 0 Å². The first-order valence-electron chi connectivity index (χ1n) is 6.50. The van der Waals surface area contributed by atoms with E-state index in [0.717, 1.165) is 5.22 Å². The van der Waals surface area contributed by atoms with Gasteiger partial charge in [-0.05, 0) is 12.1 Å². The van der Waals surface area contributed by atoms with Crippen LogP contribution in [0.1, 0.15) is 5.56 Å². The van der Waals surface area contributed by atoms with Crippen molar-refractivity contribution in [3.05, 3.63) is 80.5 Å². The highest BCUT2D eigenvalue weighted by Crippen LogP contribution is 2.38. The molecule has 2 heterocycles. The predicted octanol–water partition coefficient (Wildman–Crippen LogP) is 1.51. The highest BCUT2D eigenvalue weighted by atomic mass is 16.6. The van der Waals surface area contributed by atoms with E-state index in [1.54, 1.807) is 18.2 Å². The summed E-state index contributed by atoms with van der Waals surface area (Å²) >= 11 is 0. The molecule has 0 saturated heterocycles. The van der Waals surface area contributed by atoms with Crippen molar-refractivity contribution in [2.24, 2.45) is 4.99 Å². The molecular formula is C16H10N2O3. The van der Waals surface area contributed by atoms with Crippen LogP contribution in [0.25, 0.3) is 12.2 Å². The summed E-state index contributed by atoms with van der Waals surface area (Å²) in [5, 5.41) is 13.0. The lowest BCUT2D eigenvalue weighted by molar-refractivity contribution is -0.437. The molecule has 0 aliphatic carbocycles. The Morgan fingerprint density at radius 2 is 1.86 bits per heavy atom. The van der Waals surface area contributed by atoms with E-state index in [4.69, 9.17) is 4.74 Å². The maximum atomic E-state index is 11.5. The number of nitrogens with zero attached hydrogens (tertiary/aromatic N) is 2. The van der Waals surface area contributed by atoms with Gasteiger partial charge in [-0.3, -0.25) is 10.1 Å². The Balaban J connectivity index is 1.99. The second-order valence-electron chi connectivity index (χ2n) is 4.94. The molecule has 5 heteroatoms. The van der Waals surface area contributed by atoms with Crippen molar-refractivity contribution in [1.82, 2.24) is 0 Å². The van der Waals surface area contributed by atoms with Crippen LogP contribution in [-0.4, -0.2) is 10.6 Å². The van der Waals surface area contributed by atoms with Gasteiger partial charge in [0.05, 0.1) is 10.3 Å². The van der Waals surface area contributed by atoms with E-state index in [-0.39, 0.29) is 5.70 Å². The molecule has 21 heavy (non-hydrogen) atoms. The number of rotatable bonds is 1. The largest absolute Gasteiger partial charge is 0.452 e. The second-order valence-corrected chi connectivity index (χ2v) is 4.94. The molecule has 2 aliphatic rings. The number of ether oxygens (including phenoxy) is 1. The second kappa shape index (κ2) is 4.02. The fraction of sp³-hybridized carbons (Fsp3) is 0.0625. The zero-order valence-corrected chi connectivity index (χ0v) is 10.9. The maximum Gasteiger partial charge on any atom is 0.317 e. The van der Waals surface area contributed by atoms with E-state index in [1.807, 2.05) is 36.4 Å². The van der Waals surface area contributed by atoms with Crippen LogP contribution in [0, 0.1) is 10.1 Å². The smallest absolute Gasteiger partial charge is 0.317 e. The van der Waals surface area contributed by atoms with Gasteiger partial charge in [-0.2, -0.15) is 0 Å². The zero-order chi connectivity index (χ0) is 14.4. The Morgan fingerprint density at radius 1 is 1.10 bits per heavy atom. The van der Waals surface area contributed by atoms with Crippen LogP contribution in [0.3, 0.4) is 0 Å². The molecule has 0 radical (unpaired) electrons. The van der Waals surface area contributed by atoms with Crippen LogP contribution in [0.5, 0.6) is 5.75 Å².